The van der Waals surface area contributed by atoms with Crippen LogP contribution in [0.1, 0.15) is 25.7 Å². The highest BCUT2D eigenvalue weighted by atomic mass is 19.1. The minimum absolute atomic E-state index is 0.331. The summed E-state index contributed by atoms with van der Waals surface area (Å²) in [4.78, 5) is 0. The molecule has 0 bridgehead atoms. The molecule has 1 fully saturated rings. The number of halogens is 2. The van der Waals surface area contributed by atoms with Gasteiger partial charge in [-0.05, 0) is 43.7 Å². The predicted octanol–water partition coefficient (Wildman–Crippen LogP) is 2.89. The maximum absolute atomic E-state index is 12.9. The molecule has 0 spiro atoms. The second-order valence-electron chi connectivity index (χ2n) is 4.82. The van der Waals surface area contributed by atoms with Crippen molar-refractivity contribution in [2.75, 3.05) is 11.9 Å². The molecule has 94 valence electrons. The molecule has 1 aliphatic carbocycles. The standard InChI is InChI=1S/C13H18F2N2/c14-10-5-11(15)7-13(6-10)17-8-9-1-3-12(16)4-2-9/h5-7,9,12,17H,1-4,8,16H2. The third-order valence-corrected chi connectivity index (χ3v) is 3.35. The summed E-state index contributed by atoms with van der Waals surface area (Å²) in [6.45, 7) is 0.760. The molecular weight excluding hydrogens is 222 g/mol. The summed E-state index contributed by atoms with van der Waals surface area (Å²) in [6, 6.07) is 3.85. The molecule has 0 unspecified atom stereocenters. The fourth-order valence-electron chi connectivity index (χ4n) is 2.31. The van der Waals surface area contributed by atoms with Crippen LogP contribution in [0.2, 0.25) is 0 Å². The second kappa shape index (κ2) is 5.45. The molecule has 1 aromatic carbocycles. The van der Waals surface area contributed by atoms with Crippen molar-refractivity contribution in [3.05, 3.63) is 29.8 Å². The van der Waals surface area contributed by atoms with Crippen LogP contribution in [0.4, 0.5) is 14.5 Å². The van der Waals surface area contributed by atoms with Crippen molar-refractivity contribution in [3.8, 4) is 0 Å². The van der Waals surface area contributed by atoms with E-state index in [1.807, 2.05) is 0 Å². The van der Waals surface area contributed by atoms with Crippen molar-refractivity contribution in [1.82, 2.24) is 0 Å². The Labute approximate surface area is 100 Å². The van der Waals surface area contributed by atoms with E-state index in [2.05, 4.69) is 5.32 Å². The fraction of sp³-hybridized carbons (Fsp3) is 0.538. The molecular formula is C13H18F2N2. The summed E-state index contributed by atoms with van der Waals surface area (Å²) in [7, 11) is 0. The molecule has 3 N–H and O–H groups in total. The average molecular weight is 240 g/mol. The highest BCUT2D eigenvalue weighted by molar-refractivity contribution is 5.43. The fourth-order valence-corrected chi connectivity index (χ4v) is 2.31. The summed E-state index contributed by atoms with van der Waals surface area (Å²) in [5.41, 5.74) is 6.34. The van der Waals surface area contributed by atoms with Crippen LogP contribution in [0.3, 0.4) is 0 Å². The van der Waals surface area contributed by atoms with Gasteiger partial charge in [0, 0.05) is 24.3 Å². The molecule has 17 heavy (non-hydrogen) atoms. The van der Waals surface area contributed by atoms with Gasteiger partial charge in [0.2, 0.25) is 0 Å². The maximum Gasteiger partial charge on any atom is 0.128 e. The van der Waals surface area contributed by atoms with Gasteiger partial charge in [-0.3, -0.25) is 0 Å². The van der Waals surface area contributed by atoms with Crippen molar-refractivity contribution in [3.63, 3.8) is 0 Å². The summed E-state index contributed by atoms with van der Waals surface area (Å²) < 4.78 is 25.9. The van der Waals surface area contributed by atoms with Crippen LogP contribution in [-0.2, 0) is 0 Å². The lowest BCUT2D eigenvalue weighted by Gasteiger charge is -2.26. The Morgan fingerprint density at radius 3 is 2.24 bits per heavy atom. The lowest BCUT2D eigenvalue weighted by molar-refractivity contribution is 0.339. The van der Waals surface area contributed by atoms with Crippen LogP contribution < -0.4 is 11.1 Å². The van der Waals surface area contributed by atoms with Crippen LogP contribution in [-0.4, -0.2) is 12.6 Å². The molecule has 4 heteroatoms. The predicted molar refractivity (Wildman–Crippen MR) is 64.8 cm³/mol. The monoisotopic (exact) mass is 240 g/mol. The minimum Gasteiger partial charge on any atom is -0.385 e. The molecule has 0 aromatic heterocycles. The Morgan fingerprint density at radius 1 is 1.06 bits per heavy atom. The minimum atomic E-state index is -0.543. The van der Waals surface area contributed by atoms with Crippen LogP contribution in [0, 0.1) is 17.6 Å². The molecule has 1 aliphatic rings. The maximum atomic E-state index is 12.9. The second-order valence-corrected chi connectivity index (χ2v) is 4.82. The average Bonchev–Trinajstić information content (AvgIpc) is 2.27. The molecule has 1 aromatic rings. The third kappa shape index (κ3) is 3.66. The summed E-state index contributed by atoms with van der Waals surface area (Å²) in [5.74, 6) is -0.530. The topological polar surface area (TPSA) is 38.0 Å². The van der Waals surface area contributed by atoms with Gasteiger partial charge in [0.15, 0.2) is 0 Å². The number of nitrogens with one attached hydrogen (secondary N) is 1. The van der Waals surface area contributed by atoms with Gasteiger partial charge in [0.1, 0.15) is 11.6 Å². The van der Waals surface area contributed by atoms with Gasteiger partial charge < -0.3 is 11.1 Å². The van der Waals surface area contributed by atoms with Crippen molar-refractivity contribution in [2.24, 2.45) is 11.7 Å². The molecule has 0 aliphatic heterocycles. The summed E-state index contributed by atoms with van der Waals surface area (Å²) in [6.07, 6.45) is 4.27. The zero-order valence-corrected chi connectivity index (χ0v) is 9.76. The third-order valence-electron chi connectivity index (χ3n) is 3.35. The number of hydrogen-bond donors (Lipinski definition) is 2. The molecule has 0 atom stereocenters. The Kier molecular flexibility index (Phi) is 3.94. The molecule has 0 radical (unpaired) electrons. The molecule has 1 saturated carbocycles. The number of nitrogens with two attached hydrogens (primary N) is 1. The van der Waals surface area contributed by atoms with E-state index < -0.39 is 11.6 Å². The van der Waals surface area contributed by atoms with Gasteiger partial charge in [-0.15, -0.1) is 0 Å². The van der Waals surface area contributed by atoms with Gasteiger partial charge >= 0.3 is 0 Å². The summed E-state index contributed by atoms with van der Waals surface area (Å²) in [5, 5.41) is 3.09. The van der Waals surface area contributed by atoms with E-state index in [0.717, 1.165) is 38.3 Å². The van der Waals surface area contributed by atoms with Crippen molar-refractivity contribution in [1.29, 1.82) is 0 Å². The van der Waals surface area contributed by atoms with Crippen LogP contribution in [0.15, 0.2) is 18.2 Å². The molecule has 2 nitrogen and oxygen atoms in total. The SMILES string of the molecule is NC1CCC(CNc2cc(F)cc(F)c2)CC1. The van der Waals surface area contributed by atoms with E-state index in [1.54, 1.807) is 0 Å². The Bertz CT molecular complexity index is 353. The summed E-state index contributed by atoms with van der Waals surface area (Å²) >= 11 is 0. The van der Waals surface area contributed by atoms with E-state index in [-0.39, 0.29) is 0 Å². The lowest BCUT2D eigenvalue weighted by Crippen LogP contribution is -2.29. The van der Waals surface area contributed by atoms with Gasteiger partial charge in [0.05, 0.1) is 0 Å². The van der Waals surface area contributed by atoms with E-state index in [0.29, 0.717) is 17.6 Å². The Balaban J connectivity index is 1.85. The first-order valence-electron chi connectivity index (χ1n) is 6.09. The number of anilines is 1. The lowest BCUT2D eigenvalue weighted by atomic mass is 9.86. The smallest absolute Gasteiger partial charge is 0.128 e. The quantitative estimate of drug-likeness (QED) is 0.852. The van der Waals surface area contributed by atoms with Crippen molar-refractivity contribution >= 4 is 5.69 Å². The first kappa shape index (κ1) is 12.3. The van der Waals surface area contributed by atoms with E-state index in [4.69, 9.17) is 5.73 Å². The Morgan fingerprint density at radius 2 is 1.65 bits per heavy atom. The molecule has 0 saturated heterocycles. The van der Waals surface area contributed by atoms with Gasteiger partial charge in [-0.2, -0.15) is 0 Å². The van der Waals surface area contributed by atoms with Crippen molar-refractivity contribution < 1.29 is 8.78 Å². The normalized spacial score (nSPS) is 24.6. The number of rotatable bonds is 3. The molecule has 2 rings (SSSR count). The van der Waals surface area contributed by atoms with Crippen LogP contribution in [0.25, 0.3) is 0 Å². The first-order chi connectivity index (χ1) is 8.13. The zero-order chi connectivity index (χ0) is 12.3. The van der Waals surface area contributed by atoms with Gasteiger partial charge in [-0.1, -0.05) is 0 Å². The van der Waals surface area contributed by atoms with Gasteiger partial charge in [0.25, 0.3) is 0 Å². The highest BCUT2D eigenvalue weighted by Crippen LogP contribution is 2.23. The van der Waals surface area contributed by atoms with E-state index >= 15 is 0 Å². The van der Waals surface area contributed by atoms with E-state index in [9.17, 15) is 8.78 Å². The molecule has 0 amide bonds. The Hall–Kier alpha value is -1.16. The molecule has 0 heterocycles. The number of benzene rings is 1. The van der Waals surface area contributed by atoms with Crippen LogP contribution in [0.5, 0.6) is 0 Å². The largest absolute Gasteiger partial charge is 0.385 e. The highest BCUT2D eigenvalue weighted by Gasteiger charge is 2.18. The zero-order valence-electron chi connectivity index (χ0n) is 9.76. The first-order valence-corrected chi connectivity index (χ1v) is 6.09. The van der Waals surface area contributed by atoms with Gasteiger partial charge in [-0.25, -0.2) is 8.78 Å². The number of hydrogen-bond acceptors (Lipinski definition) is 2. The van der Waals surface area contributed by atoms with E-state index in [1.165, 1.54) is 12.1 Å². The van der Waals surface area contributed by atoms with Crippen molar-refractivity contribution in [2.45, 2.75) is 31.7 Å². The van der Waals surface area contributed by atoms with Crippen LogP contribution >= 0.6 is 0 Å².